The number of rotatable bonds is 6. The predicted molar refractivity (Wildman–Crippen MR) is 75.4 cm³/mol. The molecule has 96 valence electrons. The number of hydrogen-bond acceptors (Lipinski definition) is 2. The Morgan fingerprint density at radius 2 is 2.06 bits per heavy atom. The van der Waals surface area contributed by atoms with Gasteiger partial charge in [-0.3, -0.25) is 4.79 Å². The molecule has 0 heterocycles. The molecule has 1 aromatic rings. The van der Waals surface area contributed by atoms with Crippen LogP contribution in [0.1, 0.15) is 25.8 Å². The summed E-state index contributed by atoms with van der Waals surface area (Å²) in [6, 6.07) is 7.86. The maximum absolute atomic E-state index is 11.6. The average Bonchev–Trinajstić information content (AvgIpc) is 2.38. The van der Waals surface area contributed by atoms with Crippen LogP contribution in [0, 0.1) is 12.3 Å². The lowest BCUT2D eigenvalue weighted by molar-refractivity contribution is -0.121. The van der Waals surface area contributed by atoms with Gasteiger partial charge in [0.25, 0.3) is 0 Å². The van der Waals surface area contributed by atoms with Crippen LogP contribution < -0.4 is 10.6 Å². The third-order valence-electron chi connectivity index (χ3n) is 2.63. The van der Waals surface area contributed by atoms with Crippen molar-refractivity contribution in [3.63, 3.8) is 0 Å². The van der Waals surface area contributed by atoms with Crippen molar-refractivity contribution in [2.24, 2.45) is 0 Å². The van der Waals surface area contributed by atoms with Crippen molar-refractivity contribution in [3.05, 3.63) is 29.8 Å². The van der Waals surface area contributed by atoms with Crippen molar-refractivity contribution >= 4 is 11.6 Å². The minimum atomic E-state index is -0.296. The molecule has 0 radical (unpaired) electrons. The van der Waals surface area contributed by atoms with Crippen LogP contribution in [0.3, 0.4) is 0 Å². The van der Waals surface area contributed by atoms with Gasteiger partial charge in [0, 0.05) is 5.69 Å². The Labute approximate surface area is 109 Å². The first kappa shape index (κ1) is 14.1. The van der Waals surface area contributed by atoms with Gasteiger partial charge in [0.2, 0.25) is 5.91 Å². The Balaban J connectivity index is 2.51. The van der Waals surface area contributed by atoms with Crippen molar-refractivity contribution in [2.45, 2.75) is 32.7 Å². The Bertz CT molecular complexity index is 417. The molecule has 0 fully saturated rings. The second-order valence-electron chi connectivity index (χ2n) is 4.23. The lowest BCUT2D eigenvalue weighted by Gasteiger charge is -2.14. The number of carbonyl (C=O) groups excluding carboxylic acids is 1. The van der Waals surface area contributed by atoms with E-state index in [2.05, 4.69) is 35.6 Å². The highest BCUT2D eigenvalue weighted by Crippen LogP contribution is 2.12. The molecule has 0 aliphatic rings. The number of nitrogens with one attached hydrogen (secondary N) is 2. The molecule has 18 heavy (non-hydrogen) atoms. The monoisotopic (exact) mass is 244 g/mol. The molecule has 0 spiro atoms. The third-order valence-corrected chi connectivity index (χ3v) is 2.63. The van der Waals surface area contributed by atoms with E-state index in [4.69, 9.17) is 6.42 Å². The summed E-state index contributed by atoms with van der Waals surface area (Å²) < 4.78 is 0. The second kappa shape index (κ2) is 7.39. The highest BCUT2D eigenvalue weighted by Gasteiger charge is 2.10. The minimum Gasteiger partial charge on any atom is -0.374 e. The SMILES string of the molecule is C#CCNC(=O)C(C)Nc1ccc(CCC)cc1. The average molecular weight is 244 g/mol. The standard InChI is InChI=1S/C15H20N2O/c1-4-6-13-7-9-14(10-8-13)17-12(3)15(18)16-11-5-2/h2,7-10,12,17H,4,6,11H2,1,3H3,(H,16,18). The zero-order chi connectivity index (χ0) is 13.4. The van der Waals surface area contributed by atoms with Gasteiger partial charge < -0.3 is 10.6 Å². The van der Waals surface area contributed by atoms with Crippen LogP contribution in [0.4, 0.5) is 5.69 Å². The Hall–Kier alpha value is -1.95. The van der Waals surface area contributed by atoms with Gasteiger partial charge in [-0.25, -0.2) is 0 Å². The molecule has 0 saturated heterocycles. The number of aryl methyl sites for hydroxylation is 1. The van der Waals surface area contributed by atoms with Crippen LogP contribution in [-0.4, -0.2) is 18.5 Å². The summed E-state index contributed by atoms with van der Waals surface area (Å²) in [7, 11) is 0. The second-order valence-corrected chi connectivity index (χ2v) is 4.23. The lowest BCUT2D eigenvalue weighted by atomic mass is 10.1. The van der Waals surface area contributed by atoms with Gasteiger partial charge in [0.05, 0.1) is 6.54 Å². The third kappa shape index (κ3) is 4.50. The first-order chi connectivity index (χ1) is 8.67. The fourth-order valence-electron chi connectivity index (χ4n) is 1.66. The molecule has 3 heteroatoms. The van der Waals surface area contributed by atoms with E-state index in [1.807, 2.05) is 19.1 Å². The highest BCUT2D eigenvalue weighted by molar-refractivity contribution is 5.84. The van der Waals surface area contributed by atoms with Gasteiger partial charge in [-0.15, -0.1) is 6.42 Å². The summed E-state index contributed by atoms with van der Waals surface area (Å²) in [6.45, 7) is 4.23. The fourth-order valence-corrected chi connectivity index (χ4v) is 1.66. The Morgan fingerprint density at radius 3 is 2.61 bits per heavy atom. The summed E-state index contributed by atoms with van der Waals surface area (Å²) in [5, 5.41) is 5.79. The molecule has 0 saturated carbocycles. The van der Waals surface area contributed by atoms with Gasteiger partial charge in [0.1, 0.15) is 6.04 Å². The number of carbonyl (C=O) groups is 1. The van der Waals surface area contributed by atoms with Gasteiger partial charge in [-0.2, -0.15) is 0 Å². The van der Waals surface area contributed by atoms with Crippen LogP contribution in [0.25, 0.3) is 0 Å². The number of amides is 1. The van der Waals surface area contributed by atoms with Gasteiger partial charge in [0.15, 0.2) is 0 Å². The molecule has 1 unspecified atom stereocenters. The largest absolute Gasteiger partial charge is 0.374 e. The zero-order valence-electron chi connectivity index (χ0n) is 11.0. The van der Waals surface area contributed by atoms with E-state index in [9.17, 15) is 4.79 Å². The summed E-state index contributed by atoms with van der Waals surface area (Å²) in [4.78, 5) is 11.6. The summed E-state index contributed by atoms with van der Waals surface area (Å²) >= 11 is 0. The molecule has 0 aliphatic carbocycles. The van der Waals surface area contributed by atoms with E-state index in [0.29, 0.717) is 0 Å². The van der Waals surface area contributed by atoms with Crippen LogP contribution in [0.15, 0.2) is 24.3 Å². The van der Waals surface area contributed by atoms with E-state index >= 15 is 0 Å². The molecule has 1 aromatic carbocycles. The van der Waals surface area contributed by atoms with Gasteiger partial charge in [-0.05, 0) is 31.0 Å². The lowest BCUT2D eigenvalue weighted by Crippen LogP contribution is -2.37. The van der Waals surface area contributed by atoms with Gasteiger partial charge >= 0.3 is 0 Å². The van der Waals surface area contributed by atoms with Crippen molar-refractivity contribution in [2.75, 3.05) is 11.9 Å². The smallest absolute Gasteiger partial charge is 0.242 e. The van der Waals surface area contributed by atoms with Crippen LogP contribution in [0.5, 0.6) is 0 Å². The van der Waals surface area contributed by atoms with Crippen molar-refractivity contribution in [3.8, 4) is 12.3 Å². The molecular weight excluding hydrogens is 224 g/mol. The fraction of sp³-hybridized carbons (Fsp3) is 0.400. The number of anilines is 1. The summed E-state index contributed by atoms with van der Waals surface area (Å²) in [5.41, 5.74) is 2.26. The van der Waals surface area contributed by atoms with Crippen LogP contribution in [-0.2, 0) is 11.2 Å². The number of benzene rings is 1. The normalized spacial score (nSPS) is 11.4. The van der Waals surface area contributed by atoms with E-state index in [1.54, 1.807) is 0 Å². The molecule has 3 nitrogen and oxygen atoms in total. The van der Waals surface area contributed by atoms with E-state index in [-0.39, 0.29) is 18.5 Å². The quantitative estimate of drug-likeness (QED) is 0.753. The van der Waals surface area contributed by atoms with Crippen LogP contribution >= 0.6 is 0 Å². The summed E-state index contributed by atoms with van der Waals surface area (Å²) in [6.07, 6.45) is 7.31. The van der Waals surface area contributed by atoms with E-state index in [1.165, 1.54) is 5.56 Å². The highest BCUT2D eigenvalue weighted by atomic mass is 16.2. The molecule has 1 atom stereocenters. The molecule has 0 bridgehead atoms. The minimum absolute atomic E-state index is 0.0921. The first-order valence-electron chi connectivity index (χ1n) is 6.24. The first-order valence-corrected chi connectivity index (χ1v) is 6.24. The van der Waals surface area contributed by atoms with Crippen molar-refractivity contribution in [1.82, 2.24) is 5.32 Å². The van der Waals surface area contributed by atoms with Crippen LogP contribution in [0.2, 0.25) is 0 Å². The van der Waals surface area contributed by atoms with Gasteiger partial charge in [-0.1, -0.05) is 31.4 Å². The van der Waals surface area contributed by atoms with Crippen molar-refractivity contribution < 1.29 is 4.79 Å². The zero-order valence-corrected chi connectivity index (χ0v) is 11.0. The van der Waals surface area contributed by atoms with E-state index in [0.717, 1.165) is 18.5 Å². The van der Waals surface area contributed by atoms with Crippen molar-refractivity contribution in [1.29, 1.82) is 0 Å². The molecule has 0 aliphatic heterocycles. The molecule has 2 N–H and O–H groups in total. The Kier molecular flexibility index (Phi) is 5.79. The molecular formula is C15H20N2O. The molecule has 1 amide bonds. The maximum atomic E-state index is 11.6. The molecule has 0 aromatic heterocycles. The summed E-state index contributed by atoms with van der Waals surface area (Å²) in [5.74, 6) is 2.29. The van der Waals surface area contributed by atoms with E-state index < -0.39 is 0 Å². The Morgan fingerprint density at radius 1 is 1.39 bits per heavy atom. The number of hydrogen-bond donors (Lipinski definition) is 2. The maximum Gasteiger partial charge on any atom is 0.242 e. The number of terminal acetylenes is 1. The molecule has 1 rings (SSSR count). The predicted octanol–water partition coefficient (Wildman–Crippen LogP) is 2.19. The topological polar surface area (TPSA) is 41.1 Å².